The van der Waals surface area contributed by atoms with Gasteiger partial charge in [-0.05, 0) is 49.4 Å². The van der Waals surface area contributed by atoms with Crippen LogP contribution in [0.25, 0.3) is 5.69 Å². The Kier molecular flexibility index (Phi) is 4.56. The summed E-state index contributed by atoms with van der Waals surface area (Å²) >= 11 is 0. The highest BCUT2D eigenvalue weighted by atomic mass is 16.1. The molecule has 138 valence electrons. The molecule has 4 rings (SSSR count). The average Bonchev–Trinajstić information content (AvgIpc) is 3.13. The lowest BCUT2D eigenvalue weighted by Crippen LogP contribution is -2.32. The molecule has 1 aliphatic rings. The molecule has 1 amide bonds. The van der Waals surface area contributed by atoms with Crippen molar-refractivity contribution in [3.8, 4) is 5.69 Å². The third-order valence-electron chi connectivity index (χ3n) is 5.60. The van der Waals surface area contributed by atoms with Gasteiger partial charge in [-0.15, -0.1) is 0 Å². The molecule has 0 radical (unpaired) electrons. The number of para-hydroxylation sites is 1. The summed E-state index contributed by atoms with van der Waals surface area (Å²) in [5.41, 5.74) is 6.56. The fourth-order valence-corrected chi connectivity index (χ4v) is 4.15. The van der Waals surface area contributed by atoms with E-state index in [1.165, 1.54) is 11.1 Å². The molecule has 2 aromatic carbocycles. The number of aromatic nitrogens is 2. The van der Waals surface area contributed by atoms with E-state index in [9.17, 15) is 4.79 Å². The van der Waals surface area contributed by atoms with Gasteiger partial charge in [0, 0.05) is 11.3 Å². The Hall–Kier alpha value is -2.88. The van der Waals surface area contributed by atoms with Gasteiger partial charge in [0.05, 0.1) is 23.8 Å². The molecule has 3 aromatic rings. The zero-order valence-corrected chi connectivity index (χ0v) is 16.1. The zero-order valence-electron chi connectivity index (χ0n) is 16.1. The van der Waals surface area contributed by atoms with Gasteiger partial charge in [-0.1, -0.05) is 49.4 Å². The van der Waals surface area contributed by atoms with E-state index in [0.717, 1.165) is 29.1 Å². The maximum absolute atomic E-state index is 12.8. The second kappa shape index (κ2) is 7.03. The van der Waals surface area contributed by atoms with Crippen LogP contribution in [0.15, 0.2) is 54.6 Å². The summed E-state index contributed by atoms with van der Waals surface area (Å²) in [5.74, 6) is 0.475. The van der Waals surface area contributed by atoms with Crippen molar-refractivity contribution >= 4 is 5.91 Å². The molecule has 1 aliphatic carbocycles. The Labute approximate surface area is 160 Å². The molecule has 2 unspecified atom stereocenters. The fraction of sp³-hybridized carbons (Fsp3) is 0.304. The van der Waals surface area contributed by atoms with E-state index in [-0.39, 0.29) is 11.9 Å². The average molecular weight is 359 g/mol. The molecule has 0 fully saturated rings. The SMILES string of the molecule is Cc1nn(-c2ccccc2)c(C)c1CC(=O)NC1c2ccccc2CC1C. The van der Waals surface area contributed by atoms with E-state index in [0.29, 0.717) is 12.3 Å². The van der Waals surface area contributed by atoms with Crippen LogP contribution in [0.2, 0.25) is 0 Å². The number of aryl methyl sites for hydroxylation is 1. The van der Waals surface area contributed by atoms with Crippen molar-refractivity contribution in [1.29, 1.82) is 0 Å². The normalized spacial score (nSPS) is 18.3. The maximum atomic E-state index is 12.8. The first kappa shape index (κ1) is 17.5. The Morgan fingerprint density at radius 1 is 1.11 bits per heavy atom. The van der Waals surface area contributed by atoms with Crippen LogP contribution in [0.5, 0.6) is 0 Å². The van der Waals surface area contributed by atoms with Crippen LogP contribution in [0.3, 0.4) is 0 Å². The van der Waals surface area contributed by atoms with Crippen molar-refractivity contribution in [3.63, 3.8) is 0 Å². The van der Waals surface area contributed by atoms with Gasteiger partial charge in [0.25, 0.3) is 0 Å². The topological polar surface area (TPSA) is 46.9 Å². The number of rotatable bonds is 4. The minimum absolute atomic E-state index is 0.0577. The van der Waals surface area contributed by atoms with Crippen molar-refractivity contribution in [2.24, 2.45) is 5.92 Å². The molecule has 1 heterocycles. The maximum Gasteiger partial charge on any atom is 0.225 e. The molecular weight excluding hydrogens is 334 g/mol. The van der Waals surface area contributed by atoms with Crippen LogP contribution in [0, 0.1) is 19.8 Å². The molecule has 1 aromatic heterocycles. The predicted octanol–water partition coefficient (Wildman–Crippen LogP) is 4.08. The van der Waals surface area contributed by atoms with Crippen molar-refractivity contribution in [2.45, 2.75) is 39.7 Å². The monoisotopic (exact) mass is 359 g/mol. The predicted molar refractivity (Wildman–Crippen MR) is 107 cm³/mol. The quantitative estimate of drug-likeness (QED) is 0.763. The number of nitrogens with zero attached hydrogens (tertiary/aromatic N) is 2. The molecule has 27 heavy (non-hydrogen) atoms. The van der Waals surface area contributed by atoms with Crippen molar-refractivity contribution in [3.05, 3.63) is 82.7 Å². The van der Waals surface area contributed by atoms with Crippen LogP contribution in [0.1, 0.15) is 41.0 Å². The molecule has 0 saturated heterocycles. The number of hydrogen-bond donors (Lipinski definition) is 1. The van der Waals surface area contributed by atoms with Crippen molar-refractivity contribution in [1.82, 2.24) is 15.1 Å². The van der Waals surface area contributed by atoms with Gasteiger partial charge in [0.2, 0.25) is 5.91 Å². The van der Waals surface area contributed by atoms with Crippen LogP contribution < -0.4 is 5.32 Å². The third kappa shape index (κ3) is 3.27. The number of benzene rings is 2. The molecule has 4 nitrogen and oxygen atoms in total. The van der Waals surface area contributed by atoms with E-state index in [2.05, 4.69) is 35.5 Å². The van der Waals surface area contributed by atoms with Crippen LogP contribution in [-0.2, 0) is 17.6 Å². The van der Waals surface area contributed by atoms with Gasteiger partial charge in [-0.25, -0.2) is 4.68 Å². The van der Waals surface area contributed by atoms with E-state index < -0.39 is 0 Å². The second-order valence-corrected chi connectivity index (χ2v) is 7.50. The first-order chi connectivity index (χ1) is 13.0. The van der Waals surface area contributed by atoms with E-state index in [1.807, 2.05) is 54.9 Å². The summed E-state index contributed by atoms with van der Waals surface area (Å²) in [6.07, 6.45) is 1.38. The Balaban J connectivity index is 1.53. The minimum atomic E-state index is 0.0577. The minimum Gasteiger partial charge on any atom is -0.349 e. The standard InChI is InChI=1S/C23H25N3O/c1-15-13-18-9-7-8-12-20(18)23(15)24-22(27)14-21-16(2)25-26(17(21)3)19-10-5-4-6-11-19/h4-12,15,23H,13-14H2,1-3H3,(H,24,27). The highest BCUT2D eigenvalue weighted by molar-refractivity contribution is 5.80. The number of fused-ring (bicyclic) bond motifs is 1. The highest BCUT2D eigenvalue weighted by Crippen LogP contribution is 2.35. The zero-order chi connectivity index (χ0) is 19.0. The van der Waals surface area contributed by atoms with Gasteiger partial charge in [0.15, 0.2) is 0 Å². The van der Waals surface area contributed by atoms with Crippen LogP contribution in [0.4, 0.5) is 0 Å². The van der Waals surface area contributed by atoms with Gasteiger partial charge < -0.3 is 5.32 Å². The largest absolute Gasteiger partial charge is 0.349 e. The van der Waals surface area contributed by atoms with E-state index >= 15 is 0 Å². The summed E-state index contributed by atoms with van der Waals surface area (Å²) < 4.78 is 1.92. The molecule has 0 saturated carbocycles. The summed E-state index contributed by atoms with van der Waals surface area (Å²) in [7, 11) is 0. The number of amides is 1. The first-order valence-electron chi connectivity index (χ1n) is 9.52. The Bertz CT molecular complexity index is 975. The van der Waals surface area contributed by atoms with Crippen molar-refractivity contribution < 1.29 is 4.79 Å². The molecule has 4 heteroatoms. The fourth-order valence-electron chi connectivity index (χ4n) is 4.15. The lowest BCUT2D eigenvalue weighted by Gasteiger charge is -2.19. The smallest absolute Gasteiger partial charge is 0.225 e. The molecule has 0 aliphatic heterocycles. The van der Waals surface area contributed by atoms with Gasteiger partial charge in [-0.2, -0.15) is 5.10 Å². The lowest BCUT2D eigenvalue weighted by molar-refractivity contribution is -0.121. The third-order valence-corrected chi connectivity index (χ3v) is 5.60. The van der Waals surface area contributed by atoms with Gasteiger partial charge in [0.1, 0.15) is 0 Å². The highest BCUT2D eigenvalue weighted by Gasteiger charge is 2.30. The van der Waals surface area contributed by atoms with Crippen LogP contribution in [-0.4, -0.2) is 15.7 Å². The molecule has 2 atom stereocenters. The molecular formula is C23H25N3O. The van der Waals surface area contributed by atoms with Gasteiger partial charge in [-0.3, -0.25) is 4.79 Å². The molecule has 0 bridgehead atoms. The summed E-state index contributed by atoms with van der Waals surface area (Å²) in [5, 5.41) is 7.91. The Morgan fingerprint density at radius 3 is 2.59 bits per heavy atom. The lowest BCUT2D eigenvalue weighted by atomic mass is 10.0. The molecule has 0 spiro atoms. The number of nitrogens with one attached hydrogen (secondary N) is 1. The van der Waals surface area contributed by atoms with E-state index in [1.54, 1.807) is 0 Å². The van der Waals surface area contributed by atoms with Crippen molar-refractivity contribution in [2.75, 3.05) is 0 Å². The summed E-state index contributed by atoms with van der Waals surface area (Å²) in [6.45, 7) is 6.21. The Morgan fingerprint density at radius 2 is 1.81 bits per heavy atom. The van der Waals surface area contributed by atoms with E-state index in [4.69, 9.17) is 0 Å². The molecule has 1 N–H and O–H groups in total. The number of carbonyl (C=O) groups is 1. The summed E-state index contributed by atoms with van der Waals surface area (Å²) in [6, 6.07) is 18.6. The number of hydrogen-bond acceptors (Lipinski definition) is 2. The number of carbonyl (C=O) groups excluding carboxylic acids is 1. The second-order valence-electron chi connectivity index (χ2n) is 7.50. The van der Waals surface area contributed by atoms with Crippen LogP contribution >= 0.6 is 0 Å². The first-order valence-corrected chi connectivity index (χ1v) is 9.52. The van der Waals surface area contributed by atoms with Gasteiger partial charge >= 0.3 is 0 Å². The summed E-state index contributed by atoms with van der Waals surface area (Å²) in [4.78, 5) is 12.8.